The van der Waals surface area contributed by atoms with E-state index in [4.69, 9.17) is 4.74 Å². The molecule has 3 amide bonds. The van der Waals surface area contributed by atoms with Crippen molar-refractivity contribution in [2.24, 2.45) is 11.8 Å². The van der Waals surface area contributed by atoms with E-state index in [1.165, 1.54) is 0 Å². The molecule has 3 fully saturated rings. The number of para-hydroxylation sites is 1. The fraction of sp³-hybridized carbons (Fsp3) is 0.457. The number of aliphatic hydroxyl groups excluding tert-OH is 1. The molecule has 3 unspecified atom stereocenters. The van der Waals surface area contributed by atoms with Crippen molar-refractivity contribution in [3.63, 3.8) is 0 Å². The van der Waals surface area contributed by atoms with Crippen molar-refractivity contribution in [3.05, 3.63) is 91.5 Å². The quantitative estimate of drug-likeness (QED) is 0.349. The van der Waals surface area contributed by atoms with Gasteiger partial charge in [0.25, 0.3) is 0 Å². The van der Waals surface area contributed by atoms with Gasteiger partial charge in [0.05, 0.1) is 30.6 Å². The lowest BCUT2D eigenvalue weighted by Crippen LogP contribution is -2.58. The molecule has 3 aliphatic heterocycles. The third-order valence-electron chi connectivity index (χ3n) is 9.44. The van der Waals surface area contributed by atoms with Gasteiger partial charge in [0.15, 0.2) is 0 Å². The Kier molecular flexibility index (Phi) is 9.18. The third kappa shape index (κ3) is 5.21. The number of benzene rings is 2. The van der Waals surface area contributed by atoms with Crippen molar-refractivity contribution in [1.82, 2.24) is 9.80 Å². The lowest BCUT2D eigenvalue weighted by Gasteiger charge is -2.41. The average Bonchev–Trinajstić information content (AvgIpc) is 3.67. The number of fused-ring (bicyclic) bond motifs is 1. The van der Waals surface area contributed by atoms with Crippen LogP contribution >= 0.6 is 0 Å². The minimum absolute atomic E-state index is 0.0931. The number of ether oxygens (including phenoxy) is 1. The maximum absolute atomic E-state index is 14.7. The summed E-state index contributed by atoms with van der Waals surface area (Å²) in [6.07, 6.45) is 5.61. The van der Waals surface area contributed by atoms with Crippen LogP contribution in [0.15, 0.2) is 86.0 Å². The lowest BCUT2D eigenvalue weighted by molar-refractivity contribution is -0.152. The molecular formula is C35H43N3O5. The van der Waals surface area contributed by atoms with Crippen LogP contribution in [-0.2, 0) is 19.1 Å². The monoisotopic (exact) mass is 585 g/mol. The number of carbonyl (C=O) groups is 3. The molecule has 3 heterocycles. The molecule has 5 rings (SSSR count). The van der Waals surface area contributed by atoms with Crippen LogP contribution in [0.2, 0.25) is 0 Å². The Morgan fingerprint density at radius 3 is 2.33 bits per heavy atom. The first-order chi connectivity index (χ1) is 20.8. The topological polar surface area (TPSA) is 90.4 Å². The number of aliphatic hydroxyl groups is 1. The highest BCUT2D eigenvalue weighted by Crippen LogP contribution is 2.60. The highest BCUT2D eigenvalue weighted by Gasteiger charge is 2.75. The summed E-state index contributed by atoms with van der Waals surface area (Å²) >= 11 is 0. The van der Waals surface area contributed by atoms with E-state index in [1.807, 2.05) is 67.6 Å². The summed E-state index contributed by atoms with van der Waals surface area (Å²) in [7, 11) is 0. The summed E-state index contributed by atoms with van der Waals surface area (Å²) in [6, 6.07) is 16.8. The molecule has 3 aliphatic rings. The molecule has 2 bridgehead atoms. The fourth-order valence-electron chi connectivity index (χ4n) is 7.61. The normalized spacial score (nSPS) is 27.0. The van der Waals surface area contributed by atoms with Gasteiger partial charge >= 0.3 is 0 Å². The number of rotatable bonds is 13. The minimum atomic E-state index is -1.18. The highest BCUT2D eigenvalue weighted by atomic mass is 16.5. The Balaban J connectivity index is 1.62. The molecule has 1 N–H and O–H groups in total. The van der Waals surface area contributed by atoms with Crippen LogP contribution < -0.4 is 4.90 Å². The number of anilines is 1. The van der Waals surface area contributed by atoms with Crippen LogP contribution in [-0.4, -0.2) is 76.1 Å². The van der Waals surface area contributed by atoms with E-state index in [-0.39, 0.29) is 36.9 Å². The van der Waals surface area contributed by atoms with Crippen molar-refractivity contribution in [2.75, 3.05) is 24.6 Å². The van der Waals surface area contributed by atoms with Crippen LogP contribution in [0.3, 0.4) is 0 Å². The molecule has 8 heteroatoms. The van der Waals surface area contributed by atoms with Gasteiger partial charge in [-0.3, -0.25) is 14.4 Å². The van der Waals surface area contributed by atoms with E-state index in [9.17, 15) is 19.5 Å². The summed E-state index contributed by atoms with van der Waals surface area (Å²) < 4.78 is 6.72. The van der Waals surface area contributed by atoms with Gasteiger partial charge in [0.1, 0.15) is 11.6 Å². The maximum atomic E-state index is 14.7. The van der Waals surface area contributed by atoms with Gasteiger partial charge in [-0.2, -0.15) is 0 Å². The van der Waals surface area contributed by atoms with E-state index in [1.54, 1.807) is 26.9 Å². The lowest BCUT2D eigenvalue weighted by atomic mass is 9.70. The van der Waals surface area contributed by atoms with Gasteiger partial charge in [0.2, 0.25) is 17.7 Å². The fourth-order valence-corrected chi connectivity index (χ4v) is 7.61. The standard InChI is InChI=1S/C35H43N3O5/c1-5-14-24(4)36(21-6-2)34(42)31-35-20-19-28(43-35)29(32(40)37(22-7-3)26-17-12-9-13-18-26)30(35)33(41)38(31)27(23-39)25-15-10-8-11-16-25/h6-13,15-18,24,27-31,39H,2-3,5,14,19-23H2,1,4H3/t24?,27-,28-,29+,30+,31?,35?/m1/s1. The number of hydrogen-bond acceptors (Lipinski definition) is 5. The Hall–Kier alpha value is -3.75. The van der Waals surface area contributed by atoms with Crippen molar-refractivity contribution in [2.45, 2.75) is 69.4 Å². The number of amides is 3. The van der Waals surface area contributed by atoms with Crippen LogP contribution in [0.1, 0.15) is 51.1 Å². The molecule has 0 radical (unpaired) electrons. The zero-order chi connectivity index (χ0) is 30.7. The predicted octanol–water partition coefficient (Wildman–Crippen LogP) is 4.52. The van der Waals surface area contributed by atoms with Gasteiger partial charge in [-0.15, -0.1) is 13.2 Å². The van der Waals surface area contributed by atoms with Crippen LogP contribution in [0.4, 0.5) is 5.69 Å². The van der Waals surface area contributed by atoms with Crippen LogP contribution in [0, 0.1) is 11.8 Å². The van der Waals surface area contributed by atoms with Crippen LogP contribution in [0.25, 0.3) is 0 Å². The first-order valence-corrected chi connectivity index (χ1v) is 15.4. The Labute approximate surface area is 254 Å². The van der Waals surface area contributed by atoms with Gasteiger partial charge < -0.3 is 24.5 Å². The second-order valence-electron chi connectivity index (χ2n) is 11.9. The zero-order valence-corrected chi connectivity index (χ0v) is 25.2. The largest absolute Gasteiger partial charge is 0.394 e. The number of likely N-dealkylation sites (tertiary alicyclic amines) is 1. The Bertz CT molecular complexity index is 1330. The zero-order valence-electron chi connectivity index (χ0n) is 25.2. The predicted molar refractivity (Wildman–Crippen MR) is 166 cm³/mol. The second kappa shape index (κ2) is 12.9. The SMILES string of the molecule is C=CCN(C(=O)[C@@H]1[C@H]2C(=O)N([C@H](CO)c3ccccc3)C(C(=O)N(CC=C)C(C)CCC)C23CC[C@H]1O3)c1ccccc1. The number of hydrogen-bond donors (Lipinski definition) is 1. The molecule has 2 aromatic carbocycles. The second-order valence-corrected chi connectivity index (χ2v) is 11.9. The van der Waals surface area contributed by atoms with E-state index in [2.05, 4.69) is 20.1 Å². The number of carbonyl (C=O) groups excluding carboxylic acids is 3. The minimum Gasteiger partial charge on any atom is -0.394 e. The summed E-state index contributed by atoms with van der Waals surface area (Å²) in [6.45, 7) is 12.1. The number of nitrogens with zero attached hydrogens (tertiary/aromatic N) is 3. The van der Waals surface area contributed by atoms with Crippen molar-refractivity contribution in [3.8, 4) is 0 Å². The van der Waals surface area contributed by atoms with Gasteiger partial charge in [0, 0.05) is 24.8 Å². The summed E-state index contributed by atoms with van der Waals surface area (Å²) in [5.41, 5.74) is 0.255. The summed E-state index contributed by atoms with van der Waals surface area (Å²) in [5, 5.41) is 10.7. The smallest absolute Gasteiger partial charge is 0.248 e. The Morgan fingerprint density at radius 1 is 1.07 bits per heavy atom. The summed E-state index contributed by atoms with van der Waals surface area (Å²) in [5.74, 6) is -2.39. The van der Waals surface area contributed by atoms with Gasteiger partial charge in [-0.05, 0) is 43.9 Å². The van der Waals surface area contributed by atoms with Crippen molar-refractivity contribution in [1.29, 1.82) is 0 Å². The molecule has 1 spiro atoms. The van der Waals surface area contributed by atoms with Crippen LogP contribution in [0.5, 0.6) is 0 Å². The highest BCUT2D eigenvalue weighted by molar-refractivity contribution is 6.03. The first-order valence-electron chi connectivity index (χ1n) is 15.4. The molecule has 228 valence electrons. The molecule has 8 nitrogen and oxygen atoms in total. The summed E-state index contributed by atoms with van der Waals surface area (Å²) in [4.78, 5) is 48.8. The molecule has 3 saturated heterocycles. The van der Waals surface area contributed by atoms with Gasteiger partial charge in [-0.25, -0.2) is 0 Å². The maximum Gasteiger partial charge on any atom is 0.248 e. The molecule has 2 aromatic rings. The molecule has 7 atom stereocenters. The molecule has 0 aromatic heterocycles. The van der Waals surface area contributed by atoms with Gasteiger partial charge in [-0.1, -0.05) is 74.0 Å². The molecule has 0 saturated carbocycles. The average molecular weight is 586 g/mol. The van der Waals surface area contributed by atoms with E-state index < -0.39 is 35.6 Å². The van der Waals surface area contributed by atoms with Crippen molar-refractivity contribution < 1.29 is 24.2 Å². The van der Waals surface area contributed by atoms with E-state index >= 15 is 0 Å². The third-order valence-corrected chi connectivity index (χ3v) is 9.44. The molecule has 43 heavy (non-hydrogen) atoms. The Morgan fingerprint density at radius 2 is 1.72 bits per heavy atom. The van der Waals surface area contributed by atoms with Crippen molar-refractivity contribution >= 4 is 23.4 Å². The molecule has 0 aliphatic carbocycles. The van der Waals surface area contributed by atoms with E-state index in [0.29, 0.717) is 25.1 Å². The molecular weight excluding hydrogens is 542 g/mol. The first kappa shape index (κ1) is 30.7. The van der Waals surface area contributed by atoms with E-state index in [0.717, 1.165) is 18.4 Å².